The van der Waals surface area contributed by atoms with Crippen LogP contribution in [0.25, 0.3) is 27.5 Å². The fourth-order valence-electron chi connectivity index (χ4n) is 7.50. The summed E-state index contributed by atoms with van der Waals surface area (Å²) < 4.78 is 2.12. The van der Waals surface area contributed by atoms with Crippen molar-refractivity contribution in [1.29, 1.82) is 0 Å². The molecule has 0 radical (unpaired) electrons. The summed E-state index contributed by atoms with van der Waals surface area (Å²) in [7, 11) is 0. The number of aromatic amines is 1. The zero-order chi connectivity index (χ0) is 28.5. The van der Waals surface area contributed by atoms with Gasteiger partial charge in [0.15, 0.2) is 0 Å². The number of aromatic nitrogens is 2. The van der Waals surface area contributed by atoms with Crippen molar-refractivity contribution in [3.05, 3.63) is 66.0 Å². The molecule has 6 heterocycles. The average Bonchev–Trinajstić information content (AvgIpc) is 3.80. The second-order valence-corrected chi connectivity index (χ2v) is 12.0. The number of hydrogen-bond acceptors (Lipinski definition) is 4. The summed E-state index contributed by atoms with van der Waals surface area (Å²) in [6.07, 6.45) is 8.05. The van der Waals surface area contributed by atoms with Crippen LogP contribution in [0.1, 0.15) is 36.8 Å². The predicted molar refractivity (Wildman–Crippen MR) is 156 cm³/mol. The summed E-state index contributed by atoms with van der Waals surface area (Å²) in [4.78, 5) is 58.4. The number of hydrogen-bond donors (Lipinski definition) is 3. The van der Waals surface area contributed by atoms with Gasteiger partial charge in [-0.05, 0) is 55.0 Å². The van der Waals surface area contributed by atoms with E-state index in [0.29, 0.717) is 25.9 Å². The molecule has 4 fully saturated rings. The molecule has 0 aliphatic carbocycles. The second-order valence-electron chi connectivity index (χ2n) is 12.0. The van der Waals surface area contributed by atoms with Gasteiger partial charge in [-0.2, -0.15) is 0 Å². The van der Waals surface area contributed by atoms with Crippen LogP contribution in [0.5, 0.6) is 0 Å². The van der Waals surface area contributed by atoms with Crippen LogP contribution >= 0.6 is 0 Å². The Morgan fingerprint density at radius 1 is 0.738 bits per heavy atom. The number of H-pyrrole nitrogens is 1. The molecule has 4 aliphatic heterocycles. The van der Waals surface area contributed by atoms with E-state index in [1.54, 1.807) is 9.80 Å². The van der Waals surface area contributed by atoms with E-state index in [1.807, 2.05) is 18.3 Å². The Hall–Kier alpha value is -4.60. The normalized spacial score (nSPS) is 25.7. The summed E-state index contributed by atoms with van der Waals surface area (Å²) in [5, 5.41) is 7.99. The molecule has 0 spiro atoms. The van der Waals surface area contributed by atoms with Gasteiger partial charge < -0.3 is 30.0 Å². The van der Waals surface area contributed by atoms with Crippen molar-refractivity contribution in [2.75, 3.05) is 13.1 Å². The van der Waals surface area contributed by atoms with Crippen molar-refractivity contribution in [1.82, 2.24) is 30.0 Å². The molecule has 2 aromatic carbocycles. The minimum Gasteiger partial charge on any atom is -0.361 e. The van der Waals surface area contributed by atoms with Gasteiger partial charge >= 0.3 is 0 Å². The summed E-state index contributed by atoms with van der Waals surface area (Å²) in [5.41, 5.74) is 4.89. The zero-order valence-electron chi connectivity index (χ0n) is 23.1. The number of piperazine rings is 2. The lowest BCUT2D eigenvalue weighted by atomic mass is 10.0. The van der Waals surface area contributed by atoms with Gasteiger partial charge in [0.1, 0.15) is 24.2 Å². The van der Waals surface area contributed by atoms with Gasteiger partial charge in [-0.1, -0.05) is 24.3 Å². The third kappa shape index (κ3) is 3.84. The van der Waals surface area contributed by atoms with Crippen LogP contribution in [0, 0.1) is 0 Å². The monoisotopic (exact) mass is 564 g/mol. The zero-order valence-corrected chi connectivity index (χ0v) is 23.1. The number of amides is 4. The maximum atomic E-state index is 13.2. The lowest BCUT2D eigenvalue weighted by molar-refractivity contribution is -0.146. The molecular formula is C32H32N6O4. The Kier molecular flexibility index (Phi) is 5.67. The molecule has 8 rings (SSSR count). The van der Waals surface area contributed by atoms with Crippen LogP contribution < -0.4 is 10.6 Å². The van der Waals surface area contributed by atoms with E-state index in [9.17, 15) is 19.2 Å². The third-order valence-corrected chi connectivity index (χ3v) is 9.58. The highest BCUT2D eigenvalue weighted by atomic mass is 16.2. The van der Waals surface area contributed by atoms with E-state index in [0.717, 1.165) is 64.3 Å². The Labute approximate surface area is 242 Å². The molecule has 3 N–H and O–H groups in total. The molecule has 4 aromatic rings. The van der Waals surface area contributed by atoms with E-state index in [2.05, 4.69) is 56.7 Å². The first-order valence-electron chi connectivity index (χ1n) is 14.9. The summed E-state index contributed by atoms with van der Waals surface area (Å²) in [6, 6.07) is 12.5. The fraction of sp³-hybridized carbons (Fsp3) is 0.375. The molecule has 4 atom stereocenters. The van der Waals surface area contributed by atoms with Crippen LogP contribution in [-0.2, 0) is 32.0 Å². The standard InChI is InChI=1S/C32H32N6O4/c39-29-27-7-3-11-36(27)31(41)24(34-29)13-18-16-33-23-15-20(9-10-21(18)23)38-17-19(22-5-1-2-6-26(22)38)14-25-32(42)37-12-4-8-28(37)30(40)35-25/h1-2,5-6,9-10,15-17,24-25,27-28,33H,3-4,7-8,11-14H2,(H,34,39)(H,35,40)/t24-,25-,27-,28-/m0/s1. The topological polar surface area (TPSA) is 120 Å². The Balaban J connectivity index is 1.08. The van der Waals surface area contributed by atoms with Crippen molar-refractivity contribution >= 4 is 45.4 Å². The van der Waals surface area contributed by atoms with Crippen LogP contribution in [-0.4, -0.2) is 80.2 Å². The van der Waals surface area contributed by atoms with E-state index in [-0.39, 0.29) is 35.7 Å². The number of nitrogens with zero attached hydrogens (tertiary/aromatic N) is 3. The van der Waals surface area contributed by atoms with Gasteiger partial charge in [-0.25, -0.2) is 0 Å². The van der Waals surface area contributed by atoms with Crippen molar-refractivity contribution in [3.8, 4) is 5.69 Å². The molecule has 4 saturated heterocycles. The highest BCUT2D eigenvalue weighted by Gasteiger charge is 2.44. The summed E-state index contributed by atoms with van der Waals surface area (Å²) in [6.45, 7) is 1.30. The van der Waals surface area contributed by atoms with Crippen LogP contribution in [0.15, 0.2) is 54.9 Å². The quantitative estimate of drug-likeness (QED) is 0.344. The molecule has 4 aliphatic rings. The Morgan fingerprint density at radius 3 is 2.07 bits per heavy atom. The van der Waals surface area contributed by atoms with Crippen molar-refractivity contribution < 1.29 is 19.2 Å². The molecule has 0 bridgehead atoms. The average molecular weight is 565 g/mol. The second kappa shape index (κ2) is 9.47. The lowest BCUT2D eigenvalue weighted by Crippen LogP contribution is -2.61. The van der Waals surface area contributed by atoms with Gasteiger partial charge in [0.2, 0.25) is 23.6 Å². The number of rotatable bonds is 5. The minimum atomic E-state index is -0.571. The smallest absolute Gasteiger partial charge is 0.246 e. The first kappa shape index (κ1) is 25.1. The number of carbonyl (C=O) groups is 4. The first-order valence-corrected chi connectivity index (χ1v) is 14.9. The largest absolute Gasteiger partial charge is 0.361 e. The van der Waals surface area contributed by atoms with Gasteiger partial charge in [-0.3, -0.25) is 19.2 Å². The van der Waals surface area contributed by atoms with E-state index in [1.165, 1.54) is 0 Å². The van der Waals surface area contributed by atoms with Crippen LogP contribution in [0.2, 0.25) is 0 Å². The molecular weight excluding hydrogens is 532 g/mol. The molecule has 4 amide bonds. The predicted octanol–water partition coefficient (Wildman–Crippen LogP) is 2.18. The molecule has 42 heavy (non-hydrogen) atoms. The van der Waals surface area contributed by atoms with Gasteiger partial charge in [0.05, 0.1) is 5.52 Å². The highest BCUT2D eigenvalue weighted by Crippen LogP contribution is 2.31. The number of para-hydroxylation sites is 1. The molecule has 10 heteroatoms. The molecule has 214 valence electrons. The first-order chi connectivity index (χ1) is 20.5. The number of benzene rings is 2. The van der Waals surface area contributed by atoms with E-state index in [4.69, 9.17) is 0 Å². The summed E-state index contributed by atoms with van der Waals surface area (Å²) in [5.74, 6) is -0.0997. The number of nitrogens with one attached hydrogen (secondary N) is 3. The number of fused-ring (bicyclic) bond motifs is 4. The van der Waals surface area contributed by atoms with Gasteiger partial charge in [0.25, 0.3) is 0 Å². The van der Waals surface area contributed by atoms with Crippen LogP contribution in [0.3, 0.4) is 0 Å². The lowest BCUT2D eigenvalue weighted by Gasteiger charge is -2.34. The van der Waals surface area contributed by atoms with Crippen molar-refractivity contribution in [2.45, 2.75) is 62.7 Å². The maximum absolute atomic E-state index is 13.2. The van der Waals surface area contributed by atoms with Gasteiger partial charge in [0, 0.05) is 60.3 Å². The fourth-order valence-corrected chi connectivity index (χ4v) is 7.50. The Bertz CT molecular complexity index is 1790. The highest BCUT2D eigenvalue weighted by molar-refractivity contribution is 5.99. The number of carbonyl (C=O) groups excluding carboxylic acids is 4. The third-order valence-electron chi connectivity index (χ3n) is 9.58. The summed E-state index contributed by atoms with van der Waals surface area (Å²) >= 11 is 0. The van der Waals surface area contributed by atoms with E-state index < -0.39 is 12.1 Å². The molecule has 10 nitrogen and oxygen atoms in total. The molecule has 0 unspecified atom stereocenters. The van der Waals surface area contributed by atoms with Crippen molar-refractivity contribution in [2.24, 2.45) is 0 Å². The SMILES string of the molecule is O=C1N[C@@H](Cc2c[nH]c3cc(-n4cc(C[C@@H]5NC(=O)[C@@H]6CCCN6C5=O)c5ccccc54)ccc23)C(=O)N2CCC[C@@H]12. The van der Waals surface area contributed by atoms with Crippen molar-refractivity contribution in [3.63, 3.8) is 0 Å². The molecule has 0 saturated carbocycles. The van der Waals surface area contributed by atoms with Gasteiger partial charge in [-0.15, -0.1) is 0 Å². The molecule has 2 aromatic heterocycles. The van der Waals surface area contributed by atoms with Crippen LogP contribution in [0.4, 0.5) is 0 Å². The maximum Gasteiger partial charge on any atom is 0.246 e. The van der Waals surface area contributed by atoms with E-state index >= 15 is 0 Å². The Morgan fingerprint density at radius 2 is 1.38 bits per heavy atom. The minimum absolute atomic E-state index is 0.00200.